The topological polar surface area (TPSA) is 16.1 Å². The van der Waals surface area contributed by atoms with Gasteiger partial charge in [0.1, 0.15) is 5.82 Å². The third-order valence-corrected chi connectivity index (χ3v) is 3.82. The summed E-state index contributed by atoms with van der Waals surface area (Å²) in [6.45, 7) is 0.664. The fourth-order valence-electron chi connectivity index (χ4n) is 2.14. The number of hydrogen-bond donors (Lipinski definition) is 0. The molecule has 1 fully saturated rings. The Morgan fingerprint density at radius 2 is 2.17 bits per heavy atom. The average Bonchev–Trinajstić information content (AvgIpc) is 2.38. The van der Waals surface area contributed by atoms with E-state index in [0.29, 0.717) is 24.1 Å². The van der Waals surface area contributed by atoms with Crippen LogP contribution in [0.25, 0.3) is 0 Å². The maximum absolute atomic E-state index is 12.7. The summed E-state index contributed by atoms with van der Waals surface area (Å²) in [6, 6.07) is 3.67. The van der Waals surface area contributed by atoms with E-state index in [4.69, 9.17) is 0 Å². The van der Waals surface area contributed by atoms with Crippen LogP contribution in [0.1, 0.15) is 18.4 Å². The first kappa shape index (κ1) is 13.6. The third kappa shape index (κ3) is 3.16. The summed E-state index contributed by atoms with van der Waals surface area (Å²) >= 11 is 3.31. The number of piperidine rings is 1. The van der Waals surface area contributed by atoms with Crippen molar-refractivity contribution >= 4 is 21.7 Å². The number of hydrogen-bond acceptors (Lipinski definition) is 2. The Bertz CT molecular complexity index is 391. The minimum atomic E-state index is -4.10. The molecule has 6 heteroatoms. The fourth-order valence-corrected chi connectivity index (χ4v) is 2.47. The number of rotatable bonds is 2. The first-order chi connectivity index (χ1) is 8.50. The zero-order valence-corrected chi connectivity index (χ0v) is 11.3. The van der Waals surface area contributed by atoms with Crippen molar-refractivity contribution in [1.82, 2.24) is 4.98 Å². The predicted octanol–water partition coefficient (Wildman–Crippen LogP) is 3.76. The van der Waals surface area contributed by atoms with E-state index in [9.17, 15) is 13.2 Å². The summed E-state index contributed by atoms with van der Waals surface area (Å²) in [7, 11) is 0. The van der Waals surface area contributed by atoms with Gasteiger partial charge in [-0.3, -0.25) is 0 Å². The number of halogens is 4. The number of alkyl halides is 4. The van der Waals surface area contributed by atoms with Crippen LogP contribution in [0.5, 0.6) is 0 Å². The molecule has 1 aromatic heterocycles. The lowest BCUT2D eigenvalue weighted by Crippen LogP contribution is -2.42. The van der Waals surface area contributed by atoms with Gasteiger partial charge < -0.3 is 4.90 Å². The van der Waals surface area contributed by atoms with Crippen molar-refractivity contribution in [3.63, 3.8) is 0 Å². The van der Waals surface area contributed by atoms with Crippen molar-refractivity contribution in [3.05, 3.63) is 23.9 Å². The molecule has 0 N–H and O–H groups in total. The molecule has 1 aliphatic rings. The maximum Gasteiger partial charge on any atom is 0.393 e. The molecule has 1 aromatic rings. The van der Waals surface area contributed by atoms with Crippen LogP contribution in [-0.4, -0.2) is 24.2 Å². The van der Waals surface area contributed by atoms with Crippen molar-refractivity contribution in [2.24, 2.45) is 5.92 Å². The molecule has 0 aromatic carbocycles. The summed E-state index contributed by atoms with van der Waals surface area (Å²) in [5, 5.41) is 0.700. The van der Waals surface area contributed by atoms with E-state index in [1.165, 1.54) is 0 Å². The van der Waals surface area contributed by atoms with Crippen LogP contribution in [0.2, 0.25) is 0 Å². The number of nitrogens with zero attached hydrogens (tertiary/aromatic N) is 2. The van der Waals surface area contributed by atoms with Gasteiger partial charge in [-0.25, -0.2) is 4.98 Å². The lowest BCUT2D eigenvalue weighted by atomic mass is 9.97. The summed E-state index contributed by atoms with van der Waals surface area (Å²) in [6.07, 6.45) is -1.62. The summed E-state index contributed by atoms with van der Waals surface area (Å²) in [5.74, 6) is -0.599. The van der Waals surface area contributed by atoms with Crippen LogP contribution in [0.15, 0.2) is 18.3 Å². The van der Waals surface area contributed by atoms with E-state index < -0.39 is 12.1 Å². The van der Waals surface area contributed by atoms with Crippen molar-refractivity contribution < 1.29 is 13.2 Å². The van der Waals surface area contributed by atoms with E-state index in [1.807, 2.05) is 6.07 Å². The van der Waals surface area contributed by atoms with Gasteiger partial charge in [-0.05, 0) is 24.5 Å². The van der Waals surface area contributed by atoms with Gasteiger partial charge in [0.2, 0.25) is 0 Å². The Hall–Kier alpha value is -0.780. The quantitative estimate of drug-likeness (QED) is 0.771. The molecule has 2 nitrogen and oxygen atoms in total. The molecule has 2 rings (SSSR count). The fraction of sp³-hybridized carbons (Fsp3) is 0.583. The first-order valence-electron chi connectivity index (χ1n) is 5.83. The largest absolute Gasteiger partial charge is 0.393 e. The van der Waals surface area contributed by atoms with Gasteiger partial charge in [0.15, 0.2) is 0 Å². The monoisotopic (exact) mass is 322 g/mol. The second-order valence-electron chi connectivity index (χ2n) is 4.49. The van der Waals surface area contributed by atoms with Crippen LogP contribution in [0.4, 0.5) is 19.0 Å². The highest BCUT2D eigenvalue weighted by molar-refractivity contribution is 9.08. The molecular weight excluding hydrogens is 309 g/mol. The molecule has 0 spiro atoms. The molecule has 100 valence electrons. The van der Waals surface area contributed by atoms with Crippen LogP contribution in [0, 0.1) is 5.92 Å². The van der Waals surface area contributed by atoms with E-state index in [2.05, 4.69) is 20.9 Å². The normalized spacial score (nSPS) is 21.1. The van der Waals surface area contributed by atoms with E-state index in [0.717, 1.165) is 5.56 Å². The van der Waals surface area contributed by atoms with Crippen molar-refractivity contribution in [3.8, 4) is 0 Å². The molecule has 1 aliphatic heterocycles. The molecule has 0 amide bonds. The van der Waals surface area contributed by atoms with E-state index >= 15 is 0 Å². The van der Waals surface area contributed by atoms with Crippen LogP contribution in [0.3, 0.4) is 0 Å². The van der Waals surface area contributed by atoms with Gasteiger partial charge in [-0.1, -0.05) is 22.0 Å². The highest BCUT2D eigenvalue weighted by Gasteiger charge is 2.41. The molecule has 0 bridgehead atoms. The minimum absolute atomic E-state index is 0.0180. The highest BCUT2D eigenvalue weighted by atomic mass is 79.9. The molecule has 0 radical (unpaired) electrons. The Morgan fingerprint density at radius 3 is 2.72 bits per heavy atom. The summed E-state index contributed by atoms with van der Waals surface area (Å²) in [4.78, 5) is 5.94. The molecule has 0 aliphatic carbocycles. The summed E-state index contributed by atoms with van der Waals surface area (Å²) < 4.78 is 38.1. The van der Waals surface area contributed by atoms with Crippen LogP contribution < -0.4 is 4.90 Å². The van der Waals surface area contributed by atoms with Crippen molar-refractivity contribution in [2.75, 3.05) is 18.0 Å². The van der Waals surface area contributed by atoms with E-state index in [1.54, 1.807) is 17.2 Å². The second kappa shape index (κ2) is 5.47. The number of pyridine rings is 1. The Kier molecular flexibility index (Phi) is 4.14. The van der Waals surface area contributed by atoms with Gasteiger partial charge in [0, 0.05) is 24.6 Å². The van der Waals surface area contributed by atoms with Gasteiger partial charge in [0.05, 0.1) is 5.92 Å². The van der Waals surface area contributed by atoms with Crippen molar-refractivity contribution in [2.45, 2.75) is 24.3 Å². The smallest absolute Gasteiger partial charge is 0.356 e. The SMILES string of the molecule is FC(F)(F)C1CCCN(c2ccc(CBr)cn2)C1. The standard InChI is InChI=1S/C12H14BrF3N2/c13-6-9-3-4-11(17-7-9)18-5-1-2-10(8-18)12(14,15)16/h3-4,7,10H,1-2,5-6,8H2. The minimum Gasteiger partial charge on any atom is -0.356 e. The molecule has 0 saturated carbocycles. The maximum atomic E-state index is 12.7. The van der Waals surface area contributed by atoms with Crippen LogP contribution in [-0.2, 0) is 5.33 Å². The molecular formula is C12H14BrF3N2. The van der Waals surface area contributed by atoms with Gasteiger partial charge in [-0.15, -0.1) is 0 Å². The highest BCUT2D eigenvalue weighted by Crippen LogP contribution is 2.34. The van der Waals surface area contributed by atoms with Crippen molar-refractivity contribution in [1.29, 1.82) is 0 Å². The Balaban J connectivity index is 2.08. The third-order valence-electron chi connectivity index (χ3n) is 3.17. The first-order valence-corrected chi connectivity index (χ1v) is 6.95. The van der Waals surface area contributed by atoms with Gasteiger partial charge in [-0.2, -0.15) is 13.2 Å². The second-order valence-corrected chi connectivity index (χ2v) is 5.05. The lowest BCUT2D eigenvalue weighted by Gasteiger charge is -2.34. The van der Waals surface area contributed by atoms with Gasteiger partial charge >= 0.3 is 6.18 Å². The zero-order valence-electron chi connectivity index (χ0n) is 9.75. The Morgan fingerprint density at radius 1 is 1.39 bits per heavy atom. The van der Waals surface area contributed by atoms with Crippen LogP contribution >= 0.6 is 15.9 Å². The predicted molar refractivity (Wildman–Crippen MR) is 67.9 cm³/mol. The number of aromatic nitrogens is 1. The zero-order chi connectivity index (χ0) is 13.2. The molecule has 1 saturated heterocycles. The molecule has 18 heavy (non-hydrogen) atoms. The number of anilines is 1. The molecule has 1 atom stereocenters. The molecule has 2 heterocycles. The summed E-state index contributed by atoms with van der Waals surface area (Å²) in [5.41, 5.74) is 1.02. The lowest BCUT2D eigenvalue weighted by molar-refractivity contribution is -0.176. The van der Waals surface area contributed by atoms with E-state index in [-0.39, 0.29) is 13.0 Å². The average molecular weight is 323 g/mol. The van der Waals surface area contributed by atoms with Gasteiger partial charge in [0.25, 0.3) is 0 Å². The Labute approximate surface area is 112 Å². The molecule has 1 unspecified atom stereocenters.